The molecule has 1 rings (SSSR count). The van der Waals surface area contributed by atoms with Crippen molar-refractivity contribution in [2.45, 2.75) is 51.1 Å². The number of likely N-dealkylation sites (tertiary alicyclic amines) is 1. The summed E-state index contributed by atoms with van der Waals surface area (Å²) in [6.45, 7) is 4.44. The molecule has 1 N–H and O–H groups in total. The highest BCUT2D eigenvalue weighted by molar-refractivity contribution is 4.97. The largest absolute Gasteiger partial charge is 0.304 e. The predicted octanol–water partition coefficient (Wildman–Crippen LogP) is 1.86. The molecule has 1 saturated heterocycles. The topological polar surface area (TPSA) is 15.3 Å². The summed E-state index contributed by atoms with van der Waals surface area (Å²) >= 11 is 0. The van der Waals surface area contributed by atoms with Gasteiger partial charge in [-0.1, -0.05) is 19.3 Å². The van der Waals surface area contributed by atoms with Gasteiger partial charge in [0.05, 0.1) is 6.04 Å². The van der Waals surface area contributed by atoms with E-state index in [2.05, 4.69) is 30.1 Å². The third-order valence-electron chi connectivity index (χ3n) is 3.40. The molecule has 0 radical (unpaired) electrons. The van der Waals surface area contributed by atoms with Crippen LogP contribution in [0.4, 0.5) is 0 Å². The quantitative estimate of drug-likeness (QED) is 0.694. The fraction of sp³-hybridized carbons (Fsp3) is 0.846. The van der Waals surface area contributed by atoms with Crippen molar-refractivity contribution in [3.8, 4) is 12.3 Å². The molecule has 0 aromatic rings. The molecular weight excluding hydrogens is 184 g/mol. The molecule has 1 aliphatic heterocycles. The average Bonchev–Trinajstić information content (AvgIpc) is 2.27. The monoisotopic (exact) mass is 208 g/mol. The molecule has 0 amide bonds. The van der Waals surface area contributed by atoms with Gasteiger partial charge in [0, 0.05) is 6.04 Å². The highest BCUT2D eigenvalue weighted by Crippen LogP contribution is 2.17. The number of terminal acetylenes is 1. The maximum absolute atomic E-state index is 5.41. The SMILES string of the molecule is C#CC(CC)NCCC1CCCCN1C. The van der Waals surface area contributed by atoms with Gasteiger partial charge in [0.1, 0.15) is 0 Å². The van der Waals surface area contributed by atoms with Crippen LogP contribution >= 0.6 is 0 Å². The number of rotatable bonds is 5. The molecule has 0 saturated carbocycles. The molecule has 86 valence electrons. The van der Waals surface area contributed by atoms with E-state index in [-0.39, 0.29) is 6.04 Å². The van der Waals surface area contributed by atoms with Crippen molar-refractivity contribution in [3.63, 3.8) is 0 Å². The smallest absolute Gasteiger partial charge is 0.0684 e. The molecule has 0 spiro atoms. The van der Waals surface area contributed by atoms with Crippen molar-refractivity contribution in [2.75, 3.05) is 20.1 Å². The van der Waals surface area contributed by atoms with Crippen molar-refractivity contribution in [2.24, 2.45) is 0 Å². The Bertz CT molecular complexity index is 207. The van der Waals surface area contributed by atoms with Crippen LogP contribution in [0.2, 0.25) is 0 Å². The van der Waals surface area contributed by atoms with Gasteiger partial charge in [-0.25, -0.2) is 0 Å². The number of hydrogen-bond donors (Lipinski definition) is 1. The van der Waals surface area contributed by atoms with Crippen LogP contribution in [0.15, 0.2) is 0 Å². The molecule has 1 aliphatic rings. The van der Waals surface area contributed by atoms with E-state index in [0.717, 1.165) is 19.0 Å². The van der Waals surface area contributed by atoms with E-state index >= 15 is 0 Å². The first-order valence-corrected chi connectivity index (χ1v) is 6.17. The maximum Gasteiger partial charge on any atom is 0.0684 e. The van der Waals surface area contributed by atoms with Crippen LogP contribution in [0.5, 0.6) is 0 Å². The van der Waals surface area contributed by atoms with Crippen LogP contribution in [0.1, 0.15) is 39.0 Å². The zero-order chi connectivity index (χ0) is 11.1. The van der Waals surface area contributed by atoms with Crippen molar-refractivity contribution >= 4 is 0 Å². The fourth-order valence-corrected chi connectivity index (χ4v) is 2.25. The molecule has 2 unspecified atom stereocenters. The van der Waals surface area contributed by atoms with Crippen LogP contribution in [-0.4, -0.2) is 37.1 Å². The highest BCUT2D eigenvalue weighted by Gasteiger charge is 2.18. The summed E-state index contributed by atoms with van der Waals surface area (Å²) in [6, 6.07) is 1.03. The summed E-state index contributed by atoms with van der Waals surface area (Å²) in [6.07, 6.45) is 11.8. The van der Waals surface area contributed by atoms with Crippen LogP contribution < -0.4 is 5.32 Å². The minimum atomic E-state index is 0.263. The van der Waals surface area contributed by atoms with Crippen molar-refractivity contribution in [3.05, 3.63) is 0 Å². The first-order chi connectivity index (χ1) is 7.27. The Morgan fingerprint density at radius 2 is 2.33 bits per heavy atom. The van der Waals surface area contributed by atoms with E-state index < -0.39 is 0 Å². The van der Waals surface area contributed by atoms with Gasteiger partial charge in [-0.05, 0) is 45.8 Å². The van der Waals surface area contributed by atoms with Crippen LogP contribution in [-0.2, 0) is 0 Å². The summed E-state index contributed by atoms with van der Waals surface area (Å²) in [4.78, 5) is 2.49. The minimum absolute atomic E-state index is 0.263. The summed E-state index contributed by atoms with van der Waals surface area (Å²) < 4.78 is 0. The minimum Gasteiger partial charge on any atom is -0.304 e. The number of hydrogen-bond acceptors (Lipinski definition) is 2. The van der Waals surface area contributed by atoms with E-state index in [0.29, 0.717) is 0 Å². The molecule has 0 bridgehead atoms. The van der Waals surface area contributed by atoms with Crippen LogP contribution in [0, 0.1) is 12.3 Å². The van der Waals surface area contributed by atoms with Gasteiger partial charge < -0.3 is 10.2 Å². The zero-order valence-corrected chi connectivity index (χ0v) is 10.1. The average molecular weight is 208 g/mol. The lowest BCUT2D eigenvalue weighted by Crippen LogP contribution is -2.39. The number of nitrogens with one attached hydrogen (secondary N) is 1. The normalized spacial score (nSPS) is 24.7. The van der Waals surface area contributed by atoms with Gasteiger partial charge in [0.15, 0.2) is 0 Å². The van der Waals surface area contributed by atoms with Crippen molar-refractivity contribution < 1.29 is 0 Å². The van der Waals surface area contributed by atoms with E-state index in [9.17, 15) is 0 Å². The van der Waals surface area contributed by atoms with Gasteiger partial charge >= 0.3 is 0 Å². The summed E-state index contributed by atoms with van der Waals surface area (Å²) in [5.41, 5.74) is 0. The first-order valence-electron chi connectivity index (χ1n) is 6.17. The highest BCUT2D eigenvalue weighted by atomic mass is 15.1. The lowest BCUT2D eigenvalue weighted by atomic mass is 10.00. The third kappa shape index (κ3) is 4.24. The standard InChI is InChI=1S/C13H24N2/c1-4-12(5-2)14-10-9-13-8-6-7-11-15(13)3/h1,12-14H,5-11H2,2-3H3. The maximum atomic E-state index is 5.41. The lowest BCUT2D eigenvalue weighted by molar-refractivity contribution is 0.175. The Morgan fingerprint density at radius 3 is 2.93 bits per heavy atom. The van der Waals surface area contributed by atoms with Gasteiger partial charge in [0.2, 0.25) is 0 Å². The van der Waals surface area contributed by atoms with Crippen molar-refractivity contribution in [1.82, 2.24) is 10.2 Å². The molecule has 0 aromatic carbocycles. The zero-order valence-electron chi connectivity index (χ0n) is 10.1. The second kappa shape index (κ2) is 6.87. The van der Waals surface area contributed by atoms with E-state index in [1.54, 1.807) is 0 Å². The number of piperidine rings is 1. The molecule has 15 heavy (non-hydrogen) atoms. The summed E-state index contributed by atoms with van der Waals surface area (Å²) in [7, 11) is 2.24. The van der Waals surface area contributed by atoms with Crippen LogP contribution in [0.3, 0.4) is 0 Å². The molecular formula is C13H24N2. The van der Waals surface area contributed by atoms with Gasteiger partial charge in [-0.3, -0.25) is 0 Å². The first kappa shape index (κ1) is 12.5. The van der Waals surface area contributed by atoms with Gasteiger partial charge in [-0.2, -0.15) is 0 Å². The molecule has 0 aliphatic carbocycles. The molecule has 1 fully saturated rings. The molecule has 2 atom stereocenters. The Labute approximate surface area is 94.4 Å². The van der Waals surface area contributed by atoms with Crippen molar-refractivity contribution in [1.29, 1.82) is 0 Å². The predicted molar refractivity (Wildman–Crippen MR) is 65.8 cm³/mol. The Balaban J connectivity index is 2.16. The molecule has 2 nitrogen and oxygen atoms in total. The molecule has 2 heteroatoms. The number of nitrogens with zero attached hydrogens (tertiary/aromatic N) is 1. The fourth-order valence-electron chi connectivity index (χ4n) is 2.25. The third-order valence-corrected chi connectivity index (χ3v) is 3.40. The summed E-state index contributed by atoms with van der Waals surface area (Å²) in [5, 5.41) is 3.42. The molecule has 1 heterocycles. The Hall–Kier alpha value is -0.520. The van der Waals surface area contributed by atoms with E-state index in [1.165, 1.54) is 32.2 Å². The molecule has 0 aromatic heterocycles. The van der Waals surface area contributed by atoms with E-state index in [1.807, 2.05) is 0 Å². The van der Waals surface area contributed by atoms with Gasteiger partial charge in [-0.15, -0.1) is 6.42 Å². The lowest BCUT2D eigenvalue weighted by Gasteiger charge is -2.32. The second-order valence-corrected chi connectivity index (χ2v) is 4.50. The van der Waals surface area contributed by atoms with E-state index in [4.69, 9.17) is 6.42 Å². The Morgan fingerprint density at radius 1 is 1.53 bits per heavy atom. The van der Waals surface area contributed by atoms with Gasteiger partial charge in [0.25, 0.3) is 0 Å². The summed E-state index contributed by atoms with van der Waals surface area (Å²) in [5.74, 6) is 2.78. The van der Waals surface area contributed by atoms with Crippen LogP contribution in [0.25, 0.3) is 0 Å². The Kier molecular flexibility index (Phi) is 5.75. The second-order valence-electron chi connectivity index (χ2n) is 4.50.